The number of ether oxygens (including phenoxy) is 1. The van der Waals surface area contributed by atoms with Crippen LogP contribution in [0.1, 0.15) is 31.7 Å². The Hall–Kier alpha value is -1.92. The lowest BCUT2D eigenvalue weighted by Gasteiger charge is -2.33. The zero-order valence-electron chi connectivity index (χ0n) is 16.6. The first-order valence-electron chi connectivity index (χ1n) is 9.07. The van der Waals surface area contributed by atoms with Crippen LogP contribution >= 0.6 is 23.4 Å². The van der Waals surface area contributed by atoms with Gasteiger partial charge < -0.3 is 9.64 Å². The molecule has 5 nitrogen and oxygen atoms in total. The van der Waals surface area contributed by atoms with Gasteiger partial charge in [0.25, 0.3) is 0 Å². The van der Waals surface area contributed by atoms with Crippen molar-refractivity contribution in [2.24, 2.45) is 0 Å². The van der Waals surface area contributed by atoms with E-state index in [2.05, 4.69) is 13.2 Å². The average Bonchev–Trinajstić information content (AvgIpc) is 3.05. The maximum absolute atomic E-state index is 13.2. The van der Waals surface area contributed by atoms with Crippen LogP contribution < -0.4 is 0 Å². The fourth-order valence-corrected chi connectivity index (χ4v) is 4.43. The molecule has 1 aliphatic heterocycles. The summed E-state index contributed by atoms with van der Waals surface area (Å²) in [7, 11) is 0. The molecule has 0 spiro atoms. The van der Waals surface area contributed by atoms with Gasteiger partial charge in [0.1, 0.15) is 17.0 Å². The number of benzene rings is 1. The molecule has 0 bridgehead atoms. The van der Waals surface area contributed by atoms with Crippen molar-refractivity contribution in [1.29, 1.82) is 0 Å². The highest BCUT2D eigenvalue weighted by atomic mass is 35.5. The number of carbonyl (C=O) groups excluding carboxylic acids is 2. The van der Waals surface area contributed by atoms with Crippen molar-refractivity contribution in [3.8, 4) is 0 Å². The highest BCUT2D eigenvalue weighted by Crippen LogP contribution is 2.43. The Morgan fingerprint density at radius 1 is 1.25 bits per heavy atom. The average molecular weight is 423 g/mol. The monoisotopic (exact) mass is 422 g/mol. The highest BCUT2D eigenvalue weighted by molar-refractivity contribution is 7.99. The van der Waals surface area contributed by atoms with Gasteiger partial charge in [-0.05, 0) is 38.5 Å². The van der Waals surface area contributed by atoms with Crippen molar-refractivity contribution in [2.45, 2.75) is 37.8 Å². The standard InChI is InChI=1S/C21H27ClN2O3S/c1-6-12-23(13-7-2)18(25)17-14-28-19(15-8-10-16(22)11-9-15)24(17)20(26)27-21(3,4)5/h6-11,17,19H,1-2,12-14H2,3-5H3/t17-,19-/m0/s1. The minimum absolute atomic E-state index is 0.144. The lowest BCUT2D eigenvalue weighted by atomic mass is 10.1. The molecule has 1 aromatic rings. The Morgan fingerprint density at radius 2 is 1.82 bits per heavy atom. The van der Waals surface area contributed by atoms with E-state index in [0.29, 0.717) is 23.9 Å². The maximum atomic E-state index is 13.2. The predicted octanol–water partition coefficient (Wildman–Crippen LogP) is 4.89. The topological polar surface area (TPSA) is 49.9 Å². The Bertz CT molecular complexity index is 720. The van der Waals surface area contributed by atoms with Crippen LogP contribution in [0.4, 0.5) is 4.79 Å². The number of thioether (sulfide) groups is 1. The van der Waals surface area contributed by atoms with Crippen LogP contribution in [-0.2, 0) is 9.53 Å². The van der Waals surface area contributed by atoms with Gasteiger partial charge in [-0.2, -0.15) is 0 Å². The summed E-state index contributed by atoms with van der Waals surface area (Å²) in [6.45, 7) is 13.6. The van der Waals surface area contributed by atoms with Crippen molar-refractivity contribution in [3.63, 3.8) is 0 Å². The van der Waals surface area contributed by atoms with E-state index in [1.807, 2.05) is 32.9 Å². The molecule has 1 saturated heterocycles. The van der Waals surface area contributed by atoms with Gasteiger partial charge in [-0.25, -0.2) is 4.79 Å². The second-order valence-corrected chi connectivity index (χ2v) is 9.01. The van der Waals surface area contributed by atoms with E-state index in [0.717, 1.165) is 5.56 Å². The Morgan fingerprint density at radius 3 is 2.32 bits per heavy atom. The van der Waals surface area contributed by atoms with E-state index in [9.17, 15) is 9.59 Å². The number of amides is 2. The molecule has 0 radical (unpaired) electrons. The van der Waals surface area contributed by atoms with E-state index >= 15 is 0 Å². The van der Waals surface area contributed by atoms with Gasteiger partial charge in [0.15, 0.2) is 0 Å². The van der Waals surface area contributed by atoms with Gasteiger partial charge >= 0.3 is 6.09 Å². The van der Waals surface area contributed by atoms with Gasteiger partial charge in [-0.15, -0.1) is 24.9 Å². The molecule has 1 heterocycles. The van der Waals surface area contributed by atoms with Crippen molar-refractivity contribution in [2.75, 3.05) is 18.8 Å². The molecule has 0 aromatic heterocycles. The lowest BCUT2D eigenvalue weighted by molar-refractivity contribution is -0.135. The van der Waals surface area contributed by atoms with Gasteiger partial charge in [-0.3, -0.25) is 9.69 Å². The third-order valence-electron chi connectivity index (χ3n) is 4.06. The molecular formula is C21H27ClN2O3S. The quantitative estimate of drug-likeness (QED) is 0.612. The third kappa shape index (κ3) is 5.55. The number of nitrogens with zero attached hydrogens (tertiary/aromatic N) is 2. The SMILES string of the molecule is C=CCN(CC=C)C(=O)[C@@H]1CS[C@@H](c2ccc(Cl)cc2)N1C(=O)OC(C)(C)C. The minimum atomic E-state index is -0.662. The molecule has 1 fully saturated rings. The first-order chi connectivity index (χ1) is 13.2. The zero-order valence-corrected chi connectivity index (χ0v) is 18.1. The summed E-state index contributed by atoms with van der Waals surface area (Å²) in [5.41, 5.74) is 0.235. The second kappa shape index (κ2) is 9.52. The number of hydrogen-bond acceptors (Lipinski definition) is 4. The largest absolute Gasteiger partial charge is 0.444 e. The molecule has 2 rings (SSSR count). The molecular weight excluding hydrogens is 396 g/mol. The van der Waals surface area contributed by atoms with E-state index in [1.165, 1.54) is 11.8 Å². The Labute approximate surface area is 176 Å². The summed E-state index contributed by atoms with van der Waals surface area (Å²) in [6, 6.07) is 6.68. The normalized spacial score (nSPS) is 19.2. The third-order valence-corrected chi connectivity index (χ3v) is 5.63. The van der Waals surface area contributed by atoms with Crippen molar-refractivity contribution >= 4 is 35.4 Å². The Balaban J connectivity index is 2.36. The zero-order chi connectivity index (χ0) is 20.9. The predicted molar refractivity (Wildman–Crippen MR) is 115 cm³/mol. The number of rotatable bonds is 6. The molecule has 2 amide bonds. The van der Waals surface area contributed by atoms with Crippen molar-refractivity contribution in [3.05, 3.63) is 60.2 Å². The van der Waals surface area contributed by atoms with Crippen LogP contribution in [0, 0.1) is 0 Å². The first-order valence-corrected chi connectivity index (χ1v) is 10.5. The summed E-state index contributed by atoms with van der Waals surface area (Å²) in [4.78, 5) is 29.4. The highest BCUT2D eigenvalue weighted by Gasteiger charge is 2.45. The molecule has 0 unspecified atom stereocenters. The summed E-state index contributed by atoms with van der Waals surface area (Å²) >= 11 is 7.54. The van der Waals surface area contributed by atoms with Gasteiger partial charge in [0.05, 0.1) is 0 Å². The van der Waals surface area contributed by atoms with Crippen LogP contribution in [-0.4, -0.2) is 52.3 Å². The second-order valence-electron chi connectivity index (χ2n) is 7.46. The van der Waals surface area contributed by atoms with Gasteiger partial charge in [0.2, 0.25) is 5.91 Å². The number of hydrogen-bond donors (Lipinski definition) is 0. The van der Waals surface area contributed by atoms with E-state index in [4.69, 9.17) is 16.3 Å². The molecule has 152 valence electrons. The molecule has 1 aromatic carbocycles. The summed E-state index contributed by atoms with van der Waals surface area (Å²) in [6.07, 6.45) is 2.82. The van der Waals surface area contributed by atoms with Crippen LogP contribution in [0.25, 0.3) is 0 Å². The van der Waals surface area contributed by atoms with Crippen LogP contribution in [0.15, 0.2) is 49.6 Å². The lowest BCUT2D eigenvalue weighted by Crippen LogP contribution is -2.50. The molecule has 2 atom stereocenters. The molecule has 0 aliphatic carbocycles. The number of carbonyl (C=O) groups is 2. The van der Waals surface area contributed by atoms with Crippen molar-refractivity contribution < 1.29 is 14.3 Å². The summed E-state index contributed by atoms with van der Waals surface area (Å²) in [5.74, 6) is 0.338. The van der Waals surface area contributed by atoms with Crippen molar-refractivity contribution in [1.82, 2.24) is 9.80 Å². The van der Waals surface area contributed by atoms with Crippen LogP contribution in [0.2, 0.25) is 5.02 Å². The number of halogens is 1. The Kier molecular flexibility index (Phi) is 7.61. The van der Waals surface area contributed by atoms with Gasteiger partial charge in [-0.1, -0.05) is 35.9 Å². The molecule has 7 heteroatoms. The van der Waals surface area contributed by atoms with Gasteiger partial charge in [0, 0.05) is 23.9 Å². The molecule has 28 heavy (non-hydrogen) atoms. The van der Waals surface area contributed by atoms with E-state index in [-0.39, 0.29) is 11.3 Å². The summed E-state index contributed by atoms with van der Waals surface area (Å²) in [5, 5.41) is 0.293. The molecule has 0 saturated carbocycles. The fourth-order valence-electron chi connectivity index (χ4n) is 2.90. The molecule has 0 N–H and O–H groups in total. The summed E-state index contributed by atoms with van der Waals surface area (Å²) < 4.78 is 5.61. The smallest absolute Gasteiger partial charge is 0.412 e. The first kappa shape index (κ1) is 22.4. The fraction of sp³-hybridized carbons (Fsp3) is 0.429. The van der Waals surface area contributed by atoms with Crippen LogP contribution in [0.5, 0.6) is 0 Å². The van der Waals surface area contributed by atoms with Crippen LogP contribution in [0.3, 0.4) is 0 Å². The molecule has 1 aliphatic rings. The van der Waals surface area contributed by atoms with E-state index in [1.54, 1.807) is 34.1 Å². The minimum Gasteiger partial charge on any atom is -0.444 e. The van der Waals surface area contributed by atoms with E-state index < -0.39 is 17.7 Å². The maximum Gasteiger partial charge on any atom is 0.412 e.